The molecule has 82 valence electrons. The molecular formula is C8H13N5OS. The van der Waals surface area contributed by atoms with Crippen molar-refractivity contribution in [1.29, 1.82) is 0 Å². The Bertz CT molecular complexity index is 347. The highest BCUT2D eigenvalue weighted by Crippen LogP contribution is 2.22. The average molecular weight is 227 g/mol. The van der Waals surface area contributed by atoms with Crippen molar-refractivity contribution in [1.82, 2.24) is 20.5 Å². The van der Waals surface area contributed by atoms with E-state index < -0.39 is 0 Å². The van der Waals surface area contributed by atoms with E-state index in [9.17, 15) is 4.79 Å². The third-order valence-corrected chi connectivity index (χ3v) is 3.52. The summed E-state index contributed by atoms with van der Waals surface area (Å²) in [5.41, 5.74) is 5.30. The molecule has 0 radical (unpaired) electrons. The minimum Gasteiger partial charge on any atom is -0.366 e. The summed E-state index contributed by atoms with van der Waals surface area (Å²) in [7, 11) is 0. The van der Waals surface area contributed by atoms with Crippen molar-refractivity contribution in [3.05, 3.63) is 5.82 Å². The monoisotopic (exact) mass is 227 g/mol. The number of amides is 1. The zero-order valence-corrected chi connectivity index (χ0v) is 9.01. The first kappa shape index (κ1) is 10.3. The largest absolute Gasteiger partial charge is 0.366 e. The molecule has 1 atom stereocenters. The number of hydrogen-bond donors (Lipinski definition) is 3. The van der Waals surface area contributed by atoms with Crippen LogP contribution in [0.2, 0.25) is 0 Å². The lowest BCUT2D eigenvalue weighted by Crippen LogP contribution is -2.30. The van der Waals surface area contributed by atoms with Gasteiger partial charge in [0.25, 0.3) is 5.91 Å². The molecule has 1 aromatic rings. The molecule has 7 heteroatoms. The number of nitrogens with zero attached hydrogens (tertiary/aromatic N) is 2. The van der Waals surface area contributed by atoms with Gasteiger partial charge in [0.2, 0.25) is 11.8 Å². The molecule has 1 unspecified atom stereocenters. The van der Waals surface area contributed by atoms with Crippen LogP contribution in [0.15, 0.2) is 0 Å². The number of carbonyl (C=O) groups is 1. The summed E-state index contributed by atoms with van der Waals surface area (Å²) in [4.78, 5) is 15.3. The highest BCUT2D eigenvalue weighted by atomic mass is 32.2. The molecule has 15 heavy (non-hydrogen) atoms. The van der Waals surface area contributed by atoms with Gasteiger partial charge in [-0.25, -0.2) is 0 Å². The van der Waals surface area contributed by atoms with Gasteiger partial charge in [-0.05, 0) is 23.8 Å². The second kappa shape index (κ2) is 4.52. The van der Waals surface area contributed by atoms with Crippen LogP contribution in [0.3, 0.4) is 0 Å². The highest BCUT2D eigenvalue weighted by molar-refractivity contribution is 7.99. The number of hydrogen-bond acceptors (Lipinski definition) is 5. The minimum atomic E-state index is -0.240. The number of thioether (sulfide) groups is 1. The van der Waals surface area contributed by atoms with Gasteiger partial charge in [0, 0.05) is 6.54 Å². The molecule has 0 aromatic carbocycles. The van der Waals surface area contributed by atoms with E-state index in [1.54, 1.807) is 0 Å². The zero-order chi connectivity index (χ0) is 10.7. The fourth-order valence-electron chi connectivity index (χ4n) is 1.44. The van der Waals surface area contributed by atoms with Gasteiger partial charge in [-0.1, -0.05) is 0 Å². The van der Waals surface area contributed by atoms with Crippen molar-refractivity contribution < 1.29 is 4.79 Å². The average Bonchev–Trinajstić information content (AvgIpc) is 2.84. The van der Waals surface area contributed by atoms with E-state index in [4.69, 9.17) is 5.73 Å². The molecule has 1 amide bonds. The fraction of sp³-hybridized carbons (Fsp3) is 0.625. The van der Waals surface area contributed by atoms with E-state index in [1.807, 2.05) is 11.8 Å². The van der Waals surface area contributed by atoms with Crippen LogP contribution in [-0.4, -0.2) is 39.1 Å². The Hall–Kier alpha value is -1.24. The van der Waals surface area contributed by atoms with Crippen molar-refractivity contribution in [3.63, 3.8) is 0 Å². The van der Waals surface area contributed by atoms with Gasteiger partial charge >= 0.3 is 0 Å². The minimum absolute atomic E-state index is 0.0940. The van der Waals surface area contributed by atoms with Crippen LogP contribution in [0, 0.1) is 5.92 Å². The first-order chi connectivity index (χ1) is 7.25. The number of anilines is 1. The molecule has 1 aromatic heterocycles. The lowest BCUT2D eigenvalue weighted by Gasteiger charge is -2.07. The standard InChI is InChI=1S/C8H13N5OS/c9-8-11-6(12-13-8)7(14)10-3-5-1-2-15-4-5/h5H,1-4H2,(H,10,14)(H3,9,11,12,13). The van der Waals surface area contributed by atoms with Gasteiger partial charge in [-0.15, -0.1) is 5.10 Å². The van der Waals surface area contributed by atoms with Gasteiger partial charge in [0.15, 0.2) is 0 Å². The number of H-pyrrole nitrogens is 1. The Morgan fingerprint density at radius 3 is 3.20 bits per heavy atom. The summed E-state index contributed by atoms with van der Waals surface area (Å²) < 4.78 is 0. The highest BCUT2D eigenvalue weighted by Gasteiger charge is 2.17. The quantitative estimate of drug-likeness (QED) is 0.668. The third-order valence-electron chi connectivity index (χ3n) is 2.29. The number of nitrogens with one attached hydrogen (secondary N) is 2. The third kappa shape index (κ3) is 2.62. The maximum atomic E-state index is 11.5. The molecule has 1 aliphatic rings. The van der Waals surface area contributed by atoms with Crippen molar-refractivity contribution >= 4 is 23.6 Å². The molecule has 4 N–H and O–H groups in total. The normalized spacial score (nSPS) is 20.4. The van der Waals surface area contributed by atoms with E-state index in [1.165, 1.54) is 12.2 Å². The molecule has 6 nitrogen and oxygen atoms in total. The van der Waals surface area contributed by atoms with E-state index in [-0.39, 0.29) is 17.7 Å². The molecule has 0 spiro atoms. The number of carbonyl (C=O) groups excluding carboxylic acids is 1. The molecule has 1 saturated heterocycles. The van der Waals surface area contributed by atoms with Crippen molar-refractivity contribution in [2.75, 3.05) is 23.8 Å². The molecule has 1 fully saturated rings. The summed E-state index contributed by atoms with van der Waals surface area (Å²) in [6.45, 7) is 0.701. The Kier molecular flexibility index (Phi) is 3.10. The number of aromatic amines is 1. The predicted octanol–water partition coefficient (Wildman–Crippen LogP) is -0.130. The Morgan fingerprint density at radius 2 is 2.60 bits per heavy atom. The smallest absolute Gasteiger partial charge is 0.288 e. The first-order valence-electron chi connectivity index (χ1n) is 4.79. The topological polar surface area (TPSA) is 96.7 Å². The van der Waals surface area contributed by atoms with Crippen LogP contribution < -0.4 is 11.1 Å². The lowest BCUT2D eigenvalue weighted by atomic mass is 10.1. The van der Waals surface area contributed by atoms with Gasteiger partial charge in [-0.2, -0.15) is 16.7 Å². The van der Waals surface area contributed by atoms with Crippen LogP contribution in [0.25, 0.3) is 0 Å². The van der Waals surface area contributed by atoms with Crippen LogP contribution in [-0.2, 0) is 0 Å². The maximum Gasteiger partial charge on any atom is 0.288 e. The Labute approximate surface area is 91.4 Å². The Balaban J connectivity index is 1.81. The van der Waals surface area contributed by atoms with Gasteiger partial charge < -0.3 is 11.1 Å². The molecular weight excluding hydrogens is 214 g/mol. The lowest BCUT2D eigenvalue weighted by molar-refractivity contribution is 0.0938. The van der Waals surface area contributed by atoms with Crippen molar-refractivity contribution in [2.24, 2.45) is 5.92 Å². The second-order valence-electron chi connectivity index (χ2n) is 3.48. The molecule has 0 saturated carbocycles. The molecule has 0 bridgehead atoms. The van der Waals surface area contributed by atoms with Crippen LogP contribution >= 0.6 is 11.8 Å². The van der Waals surface area contributed by atoms with Crippen molar-refractivity contribution in [2.45, 2.75) is 6.42 Å². The molecule has 2 rings (SSSR count). The van der Waals surface area contributed by atoms with E-state index in [0.717, 1.165) is 5.75 Å². The number of nitrogen functional groups attached to an aromatic ring is 1. The van der Waals surface area contributed by atoms with Gasteiger partial charge in [-0.3, -0.25) is 9.89 Å². The van der Waals surface area contributed by atoms with E-state index in [0.29, 0.717) is 12.5 Å². The SMILES string of the molecule is Nc1n[nH]c(C(=O)NCC2CCSC2)n1. The summed E-state index contributed by atoms with van der Waals surface area (Å²) in [6, 6.07) is 0. The number of rotatable bonds is 3. The van der Waals surface area contributed by atoms with Gasteiger partial charge in [0.05, 0.1) is 0 Å². The zero-order valence-electron chi connectivity index (χ0n) is 8.19. The summed E-state index contributed by atoms with van der Waals surface area (Å²) in [5, 5.41) is 8.88. The molecule has 1 aliphatic heterocycles. The van der Waals surface area contributed by atoms with Crippen LogP contribution in [0.1, 0.15) is 17.0 Å². The van der Waals surface area contributed by atoms with Gasteiger partial charge in [0.1, 0.15) is 0 Å². The van der Waals surface area contributed by atoms with E-state index >= 15 is 0 Å². The second-order valence-corrected chi connectivity index (χ2v) is 4.63. The van der Waals surface area contributed by atoms with Crippen LogP contribution in [0.4, 0.5) is 5.95 Å². The predicted molar refractivity (Wildman–Crippen MR) is 58.6 cm³/mol. The van der Waals surface area contributed by atoms with Crippen molar-refractivity contribution in [3.8, 4) is 0 Å². The first-order valence-corrected chi connectivity index (χ1v) is 5.95. The molecule has 2 heterocycles. The van der Waals surface area contributed by atoms with E-state index in [2.05, 4.69) is 20.5 Å². The molecule has 0 aliphatic carbocycles. The van der Waals surface area contributed by atoms with Crippen LogP contribution in [0.5, 0.6) is 0 Å². The Morgan fingerprint density at radius 1 is 1.73 bits per heavy atom. The fourth-order valence-corrected chi connectivity index (χ4v) is 2.73. The maximum absolute atomic E-state index is 11.5. The number of nitrogens with two attached hydrogens (primary N) is 1. The summed E-state index contributed by atoms with van der Waals surface area (Å²) >= 11 is 1.93. The summed E-state index contributed by atoms with van der Waals surface area (Å²) in [6.07, 6.45) is 1.17. The number of aromatic nitrogens is 3. The summed E-state index contributed by atoms with van der Waals surface area (Å²) in [5.74, 6) is 2.93.